The minimum absolute atomic E-state index is 0.0645. The highest BCUT2D eigenvalue weighted by molar-refractivity contribution is 5.66. The third-order valence-corrected chi connectivity index (χ3v) is 3.57. The van der Waals surface area contributed by atoms with Crippen LogP contribution in [0.3, 0.4) is 0 Å². The summed E-state index contributed by atoms with van der Waals surface area (Å²) < 4.78 is 0. The van der Waals surface area contributed by atoms with Crippen LogP contribution in [0, 0.1) is 0 Å². The van der Waals surface area contributed by atoms with E-state index in [1.165, 1.54) is 0 Å². The molecule has 25 heavy (non-hydrogen) atoms. The molecule has 0 rings (SSSR count). The van der Waals surface area contributed by atoms with Crippen LogP contribution in [0.5, 0.6) is 0 Å². The lowest BCUT2D eigenvalue weighted by Crippen LogP contribution is -2.03. The van der Waals surface area contributed by atoms with Gasteiger partial charge in [-0.3, -0.25) is 4.79 Å². The maximum absolute atomic E-state index is 10.4. The summed E-state index contributed by atoms with van der Waals surface area (Å²) in [5.74, 6) is -0.854. The molecule has 0 aliphatic heterocycles. The summed E-state index contributed by atoms with van der Waals surface area (Å²) in [6, 6.07) is 0. The van der Waals surface area contributed by atoms with Gasteiger partial charge in [-0.1, -0.05) is 55.5 Å². The lowest BCUT2D eigenvalue weighted by molar-refractivity contribution is -0.137. The molecule has 0 fully saturated rings. The molecule has 0 heterocycles. The Kier molecular flexibility index (Phi) is 14.7. The SMILES string of the molecule is CCC(O)CC/C=C\C[C@H](O)/C=C/C=C/C=C\[C@H](O)CCCC(=O)O. The van der Waals surface area contributed by atoms with Crippen LogP contribution in [0.4, 0.5) is 0 Å². The average Bonchev–Trinajstić information content (AvgIpc) is 2.57. The Balaban J connectivity index is 3.86. The zero-order valence-corrected chi connectivity index (χ0v) is 15.0. The average molecular weight is 352 g/mol. The van der Waals surface area contributed by atoms with Gasteiger partial charge in [0.05, 0.1) is 18.3 Å². The van der Waals surface area contributed by atoms with Crippen molar-refractivity contribution in [3.63, 3.8) is 0 Å². The van der Waals surface area contributed by atoms with Crippen molar-refractivity contribution in [1.29, 1.82) is 0 Å². The summed E-state index contributed by atoms with van der Waals surface area (Å²) in [6.45, 7) is 1.95. The predicted octanol–water partition coefficient (Wildman–Crippen LogP) is 3.13. The van der Waals surface area contributed by atoms with Crippen LogP contribution < -0.4 is 0 Å². The standard InChI is InChI=1S/C20H32O5/c1-2-17(21)11-8-5-9-14-18(22)12-6-3-4-7-13-19(23)15-10-16-20(24)25/h3-7,9,12-13,17-19,21-23H,2,8,10-11,14-16H2,1H3,(H,24,25)/b4-3+,9-5-,12-6+,13-7-/t17?,18-,19+/m1/s1. The Morgan fingerprint density at radius 2 is 1.56 bits per heavy atom. The van der Waals surface area contributed by atoms with Crippen molar-refractivity contribution in [2.45, 2.75) is 70.2 Å². The number of rotatable bonds is 14. The molecule has 0 saturated heterocycles. The van der Waals surface area contributed by atoms with Gasteiger partial charge in [-0.25, -0.2) is 0 Å². The highest BCUT2D eigenvalue weighted by Gasteiger charge is 2.01. The molecule has 0 saturated carbocycles. The van der Waals surface area contributed by atoms with Gasteiger partial charge in [0.15, 0.2) is 0 Å². The van der Waals surface area contributed by atoms with Crippen LogP contribution in [0.2, 0.25) is 0 Å². The first-order valence-electron chi connectivity index (χ1n) is 8.88. The minimum atomic E-state index is -0.854. The second kappa shape index (κ2) is 15.8. The van der Waals surface area contributed by atoms with E-state index >= 15 is 0 Å². The zero-order valence-electron chi connectivity index (χ0n) is 15.0. The number of aliphatic hydroxyl groups excluding tert-OH is 3. The largest absolute Gasteiger partial charge is 0.481 e. The van der Waals surface area contributed by atoms with Gasteiger partial charge in [0.1, 0.15) is 0 Å². The van der Waals surface area contributed by atoms with Crippen molar-refractivity contribution >= 4 is 5.97 Å². The maximum atomic E-state index is 10.4. The Morgan fingerprint density at radius 3 is 2.16 bits per heavy atom. The Labute approximate surface area is 150 Å². The van der Waals surface area contributed by atoms with Crippen LogP contribution >= 0.6 is 0 Å². The molecule has 142 valence electrons. The molecule has 0 amide bonds. The predicted molar refractivity (Wildman–Crippen MR) is 100 cm³/mol. The molecule has 4 N–H and O–H groups in total. The number of aliphatic carboxylic acids is 1. The molecule has 0 radical (unpaired) electrons. The van der Waals surface area contributed by atoms with Crippen molar-refractivity contribution in [1.82, 2.24) is 0 Å². The maximum Gasteiger partial charge on any atom is 0.303 e. The normalized spacial score (nSPS) is 16.3. The number of carbonyl (C=O) groups is 1. The van der Waals surface area contributed by atoms with Crippen molar-refractivity contribution in [2.24, 2.45) is 0 Å². The fourth-order valence-corrected chi connectivity index (χ4v) is 2.00. The molecule has 5 heteroatoms. The van der Waals surface area contributed by atoms with Gasteiger partial charge in [-0.2, -0.15) is 0 Å². The van der Waals surface area contributed by atoms with Crippen LogP contribution in [0.15, 0.2) is 48.6 Å². The molecular formula is C20H32O5. The number of allylic oxidation sites excluding steroid dienone is 5. The quantitative estimate of drug-likeness (QED) is 0.284. The molecule has 1 unspecified atom stereocenters. The molecule has 0 aromatic heterocycles. The minimum Gasteiger partial charge on any atom is -0.481 e. The highest BCUT2D eigenvalue weighted by Crippen LogP contribution is 2.04. The van der Waals surface area contributed by atoms with Gasteiger partial charge in [-0.05, 0) is 38.5 Å². The van der Waals surface area contributed by atoms with E-state index in [0.717, 1.165) is 19.3 Å². The Bertz CT molecular complexity index is 451. The van der Waals surface area contributed by atoms with E-state index in [9.17, 15) is 20.1 Å². The summed E-state index contributed by atoms with van der Waals surface area (Å²) in [6.07, 6.45) is 16.4. The number of hydrogen-bond donors (Lipinski definition) is 4. The van der Waals surface area contributed by atoms with Gasteiger partial charge in [0.25, 0.3) is 0 Å². The first-order valence-corrected chi connectivity index (χ1v) is 8.88. The third kappa shape index (κ3) is 16.9. The monoisotopic (exact) mass is 352 g/mol. The lowest BCUT2D eigenvalue weighted by atomic mass is 10.1. The number of carboxylic acids is 1. The fourth-order valence-electron chi connectivity index (χ4n) is 2.00. The van der Waals surface area contributed by atoms with Gasteiger partial charge < -0.3 is 20.4 Å². The summed E-state index contributed by atoms with van der Waals surface area (Å²) in [5, 5.41) is 37.3. The van der Waals surface area contributed by atoms with E-state index in [0.29, 0.717) is 19.3 Å². The van der Waals surface area contributed by atoms with E-state index in [2.05, 4.69) is 0 Å². The van der Waals surface area contributed by atoms with Gasteiger partial charge in [0.2, 0.25) is 0 Å². The number of hydrogen-bond acceptors (Lipinski definition) is 4. The Hall–Kier alpha value is -1.69. The molecule has 0 aliphatic carbocycles. The first kappa shape index (κ1) is 23.3. The first-order chi connectivity index (χ1) is 12.0. The van der Waals surface area contributed by atoms with Crippen molar-refractivity contribution < 1.29 is 25.2 Å². The fraction of sp³-hybridized carbons (Fsp3) is 0.550. The highest BCUT2D eigenvalue weighted by atomic mass is 16.4. The zero-order chi connectivity index (χ0) is 18.9. The van der Waals surface area contributed by atoms with Crippen LogP contribution in [0.25, 0.3) is 0 Å². The summed E-state index contributed by atoms with van der Waals surface area (Å²) in [4.78, 5) is 10.4. The van der Waals surface area contributed by atoms with Crippen molar-refractivity contribution in [3.8, 4) is 0 Å². The van der Waals surface area contributed by atoms with Gasteiger partial charge in [-0.15, -0.1) is 0 Å². The lowest BCUT2D eigenvalue weighted by Gasteiger charge is -2.04. The van der Waals surface area contributed by atoms with Crippen LogP contribution in [0.1, 0.15) is 51.9 Å². The third-order valence-electron chi connectivity index (χ3n) is 3.57. The number of aliphatic hydroxyl groups is 3. The van der Waals surface area contributed by atoms with Crippen molar-refractivity contribution in [3.05, 3.63) is 48.6 Å². The van der Waals surface area contributed by atoms with Crippen molar-refractivity contribution in [2.75, 3.05) is 0 Å². The second-order valence-electron chi connectivity index (χ2n) is 5.92. The van der Waals surface area contributed by atoms with E-state index in [1.54, 1.807) is 36.5 Å². The molecular weight excluding hydrogens is 320 g/mol. The smallest absolute Gasteiger partial charge is 0.303 e. The molecule has 0 spiro atoms. The van der Waals surface area contributed by atoms with E-state index < -0.39 is 18.2 Å². The summed E-state index contributed by atoms with van der Waals surface area (Å²) in [7, 11) is 0. The Morgan fingerprint density at radius 1 is 0.920 bits per heavy atom. The second-order valence-corrected chi connectivity index (χ2v) is 5.92. The van der Waals surface area contributed by atoms with E-state index in [-0.39, 0.29) is 12.5 Å². The summed E-state index contributed by atoms with van der Waals surface area (Å²) in [5.41, 5.74) is 0. The molecule has 0 aromatic rings. The van der Waals surface area contributed by atoms with E-state index in [1.807, 2.05) is 19.1 Å². The molecule has 3 atom stereocenters. The molecule has 0 aromatic carbocycles. The molecule has 0 aliphatic rings. The van der Waals surface area contributed by atoms with Gasteiger partial charge >= 0.3 is 5.97 Å². The number of carboxylic acid groups (broad SMARTS) is 1. The topological polar surface area (TPSA) is 98.0 Å². The molecule has 5 nitrogen and oxygen atoms in total. The summed E-state index contributed by atoms with van der Waals surface area (Å²) >= 11 is 0. The van der Waals surface area contributed by atoms with Crippen LogP contribution in [-0.2, 0) is 4.79 Å². The van der Waals surface area contributed by atoms with E-state index in [4.69, 9.17) is 5.11 Å². The van der Waals surface area contributed by atoms with Crippen LogP contribution in [-0.4, -0.2) is 44.7 Å². The van der Waals surface area contributed by atoms with Gasteiger partial charge in [0, 0.05) is 6.42 Å². The molecule has 0 bridgehead atoms.